The summed E-state index contributed by atoms with van der Waals surface area (Å²) < 4.78 is 0.795. The molecule has 0 radical (unpaired) electrons. The van der Waals surface area contributed by atoms with Crippen molar-refractivity contribution in [2.45, 2.75) is 0 Å². The molecule has 0 N–H and O–H groups in total. The summed E-state index contributed by atoms with van der Waals surface area (Å²) in [4.78, 5) is 0. The van der Waals surface area contributed by atoms with Gasteiger partial charge in [-0.2, -0.15) is 8.97 Å². The van der Waals surface area contributed by atoms with E-state index in [1.165, 1.54) is 55.1 Å². The van der Waals surface area contributed by atoms with Crippen molar-refractivity contribution in [2.75, 3.05) is 0 Å². The summed E-state index contributed by atoms with van der Waals surface area (Å²) >= 11 is 0. The zero-order valence-electron chi connectivity index (χ0n) is 31.0. The topological polar surface area (TPSA) is 0 Å². The molecule has 10 aromatic rings. The molecule has 10 aromatic carbocycles. The van der Waals surface area contributed by atoms with Crippen LogP contribution < -0.4 is 8.97 Å². The van der Waals surface area contributed by atoms with Crippen LogP contribution in [-0.4, -0.2) is 0 Å². The molecule has 2 nitrogen and oxygen atoms in total. The van der Waals surface area contributed by atoms with Gasteiger partial charge in [0.1, 0.15) is 22.7 Å². The van der Waals surface area contributed by atoms with Gasteiger partial charge >= 0.3 is 0 Å². The fourth-order valence-electron chi connectivity index (χ4n) is 9.14. The van der Waals surface area contributed by atoms with E-state index >= 15 is 0 Å². The first-order chi connectivity index (χ1) is 27.8. The summed E-state index contributed by atoms with van der Waals surface area (Å²) in [7, 11) is 0. The van der Waals surface area contributed by atoms with E-state index in [4.69, 9.17) is 0 Å². The number of para-hydroxylation sites is 4. The van der Waals surface area contributed by atoms with E-state index in [1.807, 2.05) is 0 Å². The van der Waals surface area contributed by atoms with Crippen molar-refractivity contribution in [2.24, 2.45) is 0 Å². The van der Waals surface area contributed by atoms with Crippen LogP contribution in [0, 0.1) is 0 Å². The molecule has 0 saturated heterocycles. The van der Waals surface area contributed by atoms with Crippen LogP contribution in [0.4, 0.5) is 45.5 Å². The third-order valence-corrected chi connectivity index (χ3v) is 11.4. The Morgan fingerprint density at radius 3 is 0.750 bits per heavy atom. The molecule has 0 aliphatic carbocycles. The highest BCUT2D eigenvalue weighted by atomic mass is 15.4. The normalized spacial score (nSPS) is 11.9. The minimum atomic E-state index is 0.398. The van der Waals surface area contributed by atoms with E-state index in [0.717, 1.165) is 22.7 Å². The molecule has 264 valence electrons. The van der Waals surface area contributed by atoms with Crippen LogP contribution in [0.5, 0.6) is 0 Å². The third-order valence-electron chi connectivity index (χ3n) is 11.4. The van der Waals surface area contributed by atoms with Crippen LogP contribution in [0.2, 0.25) is 0 Å². The van der Waals surface area contributed by atoms with Gasteiger partial charge in [-0.15, -0.1) is 0 Å². The molecule has 56 heavy (non-hydrogen) atoms. The van der Waals surface area contributed by atoms with Gasteiger partial charge in [0.05, 0.1) is 10.8 Å². The third kappa shape index (κ3) is 5.12. The Kier molecular flexibility index (Phi) is 8.34. The Morgan fingerprint density at radius 1 is 0.179 bits per heavy atom. The maximum absolute atomic E-state index is 2.34. The maximum Gasteiger partial charge on any atom is 0.156 e. The monoisotopic (exact) mass is 716 g/mol. The van der Waals surface area contributed by atoms with Gasteiger partial charge < -0.3 is 0 Å². The second-order valence-corrected chi connectivity index (χ2v) is 14.3. The van der Waals surface area contributed by atoms with Crippen molar-refractivity contribution in [1.29, 1.82) is 0 Å². The van der Waals surface area contributed by atoms with Crippen molar-refractivity contribution < 1.29 is 0 Å². The lowest BCUT2D eigenvalue weighted by Crippen LogP contribution is -2.35. The molecule has 0 aliphatic rings. The fourth-order valence-corrected chi connectivity index (χ4v) is 9.14. The lowest BCUT2D eigenvalue weighted by molar-refractivity contribution is 0.710. The predicted molar refractivity (Wildman–Crippen MR) is 239 cm³/mol. The van der Waals surface area contributed by atoms with Gasteiger partial charge in [0, 0.05) is 83.6 Å². The second kappa shape index (κ2) is 14.0. The number of nitrogens with zero attached hydrogens (tertiary/aromatic N) is 2. The summed E-state index contributed by atoms with van der Waals surface area (Å²) in [5, 5.41) is 7.20. The van der Waals surface area contributed by atoms with Crippen LogP contribution in [-0.2, 0) is 0 Å². The lowest BCUT2D eigenvalue weighted by Gasteiger charge is -2.40. The van der Waals surface area contributed by atoms with Gasteiger partial charge in [-0.3, -0.25) is 0 Å². The quantitative estimate of drug-likeness (QED) is 0.137. The molecule has 10 rings (SSSR count). The molecule has 0 bridgehead atoms. The molecule has 0 fully saturated rings. The predicted octanol–water partition coefficient (Wildman–Crippen LogP) is 15.8. The summed E-state index contributed by atoms with van der Waals surface area (Å²) in [6.45, 7) is 0. The van der Waals surface area contributed by atoms with Crippen molar-refractivity contribution in [1.82, 2.24) is 8.97 Å². The van der Waals surface area contributed by atoms with E-state index < -0.39 is 0 Å². The van der Waals surface area contributed by atoms with E-state index in [0.29, 0.717) is 8.97 Å². The number of rotatable bonds is 8. The van der Waals surface area contributed by atoms with Crippen molar-refractivity contribution >= 4 is 77.8 Å². The molecule has 0 amide bonds. The van der Waals surface area contributed by atoms with E-state index in [-0.39, 0.29) is 0 Å². The first kappa shape index (κ1) is 33.5. The molecular formula is C54H40N2+2. The average Bonchev–Trinajstić information content (AvgIpc) is 3.29. The largest absolute Gasteiger partial charge is 0.193 e. The smallest absolute Gasteiger partial charge is 0.156 e. The van der Waals surface area contributed by atoms with Gasteiger partial charge in [0.25, 0.3) is 0 Å². The Balaban J connectivity index is 1.40. The van der Waals surface area contributed by atoms with Crippen molar-refractivity contribution in [3.63, 3.8) is 0 Å². The summed E-state index contributed by atoms with van der Waals surface area (Å²) in [5.74, 6) is 0. The minimum Gasteiger partial charge on any atom is -0.193 e. The van der Waals surface area contributed by atoms with E-state index in [9.17, 15) is 0 Å². The van der Waals surface area contributed by atoms with Crippen LogP contribution >= 0.6 is 0 Å². The van der Waals surface area contributed by atoms with E-state index in [2.05, 4.69) is 243 Å². The standard InChI is InChI=1S/C54H40N2/c1-5-25-43(26-6-1)55(44-27-7-2-8-28-44,51-37-17-23-41-21-13-15-33-47(41)51)53-39-19-36-50-49(53)35-20-40-54(50)56(45-29-9-3-10-30-45,46-31-11-4-12-32-46)52-38-18-24-42-22-14-16-34-48(42)52/h1-40H/q+2. The van der Waals surface area contributed by atoms with Crippen LogP contribution in [0.3, 0.4) is 0 Å². The van der Waals surface area contributed by atoms with Crippen LogP contribution in [0.15, 0.2) is 243 Å². The molecule has 0 heterocycles. The highest BCUT2D eigenvalue weighted by Gasteiger charge is 2.45. The Labute approximate surface area is 328 Å². The first-order valence-corrected chi connectivity index (χ1v) is 19.3. The summed E-state index contributed by atoms with van der Waals surface area (Å²) in [6, 6.07) is 88.9. The zero-order chi connectivity index (χ0) is 37.4. The highest BCUT2D eigenvalue weighted by molar-refractivity contribution is 6.11. The number of hydrogen-bond acceptors (Lipinski definition) is 0. The van der Waals surface area contributed by atoms with Gasteiger partial charge in [-0.05, 0) is 35.0 Å². The molecule has 0 aliphatic heterocycles. The fraction of sp³-hybridized carbons (Fsp3) is 0. The van der Waals surface area contributed by atoms with Gasteiger partial charge in [0.2, 0.25) is 0 Å². The second-order valence-electron chi connectivity index (χ2n) is 14.3. The van der Waals surface area contributed by atoms with Crippen LogP contribution in [0.25, 0.3) is 32.3 Å². The van der Waals surface area contributed by atoms with Gasteiger partial charge in [0.15, 0.2) is 22.7 Å². The molecule has 0 saturated carbocycles. The van der Waals surface area contributed by atoms with Gasteiger partial charge in [-0.1, -0.05) is 146 Å². The lowest BCUT2D eigenvalue weighted by atomic mass is 9.95. The number of benzene rings is 10. The van der Waals surface area contributed by atoms with E-state index in [1.54, 1.807) is 0 Å². The zero-order valence-corrected chi connectivity index (χ0v) is 31.0. The Bertz CT molecular complexity index is 2660. The number of fused-ring (bicyclic) bond motifs is 3. The average molecular weight is 717 g/mol. The SMILES string of the molecule is c1ccc([N+](c2ccccc2)(c2cccc3ccccc23)c2cccc3c([N+](c4ccccc4)(c4ccccc4)c4cccc5ccccc45)cccc23)cc1. The first-order valence-electron chi connectivity index (χ1n) is 19.3. The van der Waals surface area contributed by atoms with Gasteiger partial charge in [-0.25, -0.2) is 0 Å². The molecule has 2 heteroatoms. The molecule has 0 aromatic heterocycles. The van der Waals surface area contributed by atoms with Crippen molar-refractivity contribution in [3.8, 4) is 0 Å². The summed E-state index contributed by atoms with van der Waals surface area (Å²) in [6.07, 6.45) is 0. The number of quaternary nitrogens is 2. The minimum absolute atomic E-state index is 0.398. The Morgan fingerprint density at radius 2 is 0.411 bits per heavy atom. The summed E-state index contributed by atoms with van der Waals surface area (Å²) in [5.41, 5.74) is 9.38. The Hall–Kier alpha value is -7.10. The molecule has 0 unspecified atom stereocenters. The van der Waals surface area contributed by atoms with Crippen LogP contribution in [0.1, 0.15) is 0 Å². The number of hydrogen-bond donors (Lipinski definition) is 0. The maximum atomic E-state index is 2.34. The molecule has 0 spiro atoms. The van der Waals surface area contributed by atoms with Crippen molar-refractivity contribution in [3.05, 3.63) is 243 Å². The molecule has 0 atom stereocenters. The highest BCUT2D eigenvalue weighted by Crippen LogP contribution is 2.59. The molecular weight excluding hydrogens is 677 g/mol.